The molecule has 0 aliphatic rings. The van der Waals surface area contributed by atoms with Crippen molar-refractivity contribution in [3.8, 4) is 0 Å². The van der Waals surface area contributed by atoms with Crippen molar-refractivity contribution in [1.82, 2.24) is 4.72 Å². The van der Waals surface area contributed by atoms with Crippen LogP contribution in [-0.4, -0.2) is 27.0 Å². The summed E-state index contributed by atoms with van der Waals surface area (Å²) in [6.45, 7) is 2.63. The van der Waals surface area contributed by atoms with Crippen LogP contribution in [0.3, 0.4) is 0 Å². The van der Waals surface area contributed by atoms with E-state index in [1.807, 2.05) is 12.3 Å². The fourth-order valence-corrected chi connectivity index (χ4v) is 3.68. The van der Waals surface area contributed by atoms with Gasteiger partial charge in [-0.3, -0.25) is 0 Å². The average molecular weight is 302 g/mol. The number of nitrogens with one attached hydrogen (secondary N) is 1. The fraction of sp³-hybridized carbons (Fsp3) is 0.538. The minimum atomic E-state index is -3.42. The molecule has 0 saturated heterocycles. The number of hydrogen-bond donors (Lipinski definition) is 2. The van der Waals surface area contributed by atoms with E-state index < -0.39 is 10.0 Å². The topological polar surface area (TPSA) is 72.2 Å². The van der Waals surface area contributed by atoms with Gasteiger partial charge >= 0.3 is 0 Å². The smallest absolute Gasteiger partial charge is 0.240 e. The summed E-state index contributed by atoms with van der Waals surface area (Å²) in [5.41, 5.74) is 7.20. The molecule has 0 heterocycles. The van der Waals surface area contributed by atoms with Crippen molar-refractivity contribution in [2.24, 2.45) is 5.73 Å². The number of nitrogens with two attached hydrogens (primary N) is 1. The van der Waals surface area contributed by atoms with E-state index in [0.29, 0.717) is 18.0 Å². The molecule has 0 saturated carbocycles. The van der Waals surface area contributed by atoms with Gasteiger partial charge in [0.05, 0.1) is 4.90 Å². The third-order valence-electron chi connectivity index (χ3n) is 2.97. The first-order chi connectivity index (χ1) is 9.03. The van der Waals surface area contributed by atoms with Gasteiger partial charge in [0.15, 0.2) is 0 Å². The maximum Gasteiger partial charge on any atom is 0.240 e. The van der Waals surface area contributed by atoms with Crippen molar-refractivity contribution < 1.29 is 8.42 Å². The second-order valence-electron chi connectivity index (χ2n) is 4.34. The molecule has 0 bridgehead atoms. The molecule has 0 unspecified atom stereocenters. The molecule has 0 aliphatic carbocycles. The summed E-state index contributed by atoms with van der Waals surface area (Å²) in [5, 5.41) is 0. The molecule has 6 heteroatoms. The summed E-state index contributed by atoms with van der Waals surface area (Å²) in [6.07, 6.45) is 3.92. The molecule has 108 valence electrons. The molecule has 0 aliphatic heterocycles. The van der Waals surface area contributed by atoms with E-state index in [2.05, 4.69) is 4.72 Å². The quantitative estimate of drug-likeness (QED) is 0.719. The third-order valence-corrected chi connectivity index (χ3v) is 5.28. The minimum Gasteiger partial charge on any atom is -0.326 e. The maximum atomic E-state index is 12.2. The monoisotopic (exact) mass is 302 g/mol. The molecular formula is C13H22N2O2S2. The molecule has 3 N–H and O–H groups in total. The van der Waals surface area contributed by atoms with Crippen molar-refractivity contribution in [3.05, 3.63) is 29.3 Å². The van der Waals surface area contributed by atoms with E-state index in [1.54, 1.807) is 30.8 Å². The second-order valence-corrected chi connectivity index (χ2v) is 7.06. The molecule has 0 fully saturated rings. The third kappa shape index (κ3) is 4.80. The average Bonchev–Trinajstić information content (AvgIpc) is 2.38. The Hall–Kier alpha value is -0.560. The lowest BCUT2D eigenvalue weighted by Gasteiger charge is -2.11. The van der Waals surface area contributed by atoms with Crippen molar-refractivity contribution in [3.63, 3.8) is 0 Å². The summed E-state index contributed by atoms with van der Waals surface area (Å²) in [6, 6.07) is 5.21. The first kappa shape index (κ1) is 16.5. The molecule has 0 aromatic heterocycles. The Morgan fingerprint density at radius 3 is 2.68 bits per heavy atom. The highest BCUT2D eigenvalue weighted by molar-refractivity contribution is 7.98. The summed E-state index contributed by atoms with van der Waals surface area (Å²) in [7, 11) is -3.42. The highest BCUT2D eigenvalue weighted by Gasteiger charge is 2.17. The van der Waals surface area contributed by atoms with Crippen LogP contribution in [0.1, 0.15) is 24.0 Å². The standard InChI is InChI=1S/C13H22N2O2S2/c1-11-12(10-14)6-5-7-13(11)19(16,17)15-8-3-4-9-18-2/h5-7,15H,3-4,8-10,14H2,1-2H3. The molecule has 0 radical (unpaired) electrons. The zero-order chi connectivity index (χ0) is 14.3. The maximum absolute atomic E-state index is 12.2. The van der Waals surface area contributed by atoms with Gasteiger partial charge in [0.1, 0.15) is 0 Å². The molecule has 0 atom stereocenters. The summed E-state index contributed by atoms with van der Waals surface area (Å²) >= 11 is 1.77. The lowest BCUT2D eigenvalue weighted by Crippen LogP contribution is -2.26. The number of rotatable bonds is 8. The Balaban J connectivity index is 2.72. The molecule has 1 aromatic rings. The van der Waals surface area contributed by atoms with Crippen LogP contribution in [0, 0.1) is 6.92 Å². The van der Waals surface area contributed by atoms with Gasteiger partial charge in [-0.2, -0.15) is 11.8 Å². The van der Waals surface area contributed by atoms with E-state index in [0.717, 1.165) is 29.7 Å². The van der Waals surface area contributed by atoms with Gasteiger partial charge in [0.25, 0.3) is 0 Å². The number of sulfonamides is 1. The van der Waals surface area contributed by atoms with Crippen LogP contribution in [0.2, 0.25) is 0 Å². The zero-order valence-corrected chi connectivity index (χ0v) is 13.1. The minimum absolute atomic E-state index is 0.334. The predicted octanol–water partition coefficient (Wildman–Crippen LogP) is 1.88. The second kappa shape index (κ2) is 7.89. The Morgan fingerprint density at radius 2 is 2.05 bits per heavy atom. The normalized spacial score (nSPS) is 11.7. The Kier molecular flexibility index (Phi) is 6.85. The number of thioether (sulfide) groups is 1. The van der Waals surface area contributed by atoms with Crippen molar-refractivity contribution >= 4 is 21.8 Å². The van der Waals surface area contributed by atoms with Crippen LogP contribution < -0.4 is 10.5 Å². The van der Waals surface area contributed by atoms with E-state index >= 15 is 0 Å². The molecule has 1 rings (SSSR count). The van der Waals surface area contributed by atoms with E-state index in [4.69, 9.17) is 5.73 Å². The Labute approximate surface area is 120 Å². The summed E-state index contributed by atoms with van der Waals surface area (Å²) in [4.78, 5) is 0.334. The lowest BCUT2D eigenvalue weighted by atomic mass is 10.1. The zero-order valence-electron chi connectivity index (χ0n) is 11.5. The Bertz CT molecular complexity index is 501. The molecule has 0 spiro atoms. The first-order valence-corrected chi connectivity index (χ1v) is 9.17. The van der Waals surface area contributed by atoms with Crippen LogP contribution in [0.4, 0.5) is 0 Å². The van der Waals surface area contributed by atoms with Gasteiger partial charge in [-0.25, -0.2) is 13.1 Å². The van der Waals surface area contributed by atoms with Gasteiger partial charge in [-0.1, -0.05) is 12.1 Å². The highest BCUT2D eigenvalue weighted by atomic mass is 32.2. The largest absolute Gasteiger partial charge is 0.326 e. The van der Waals surface area contributed by atoms with Crippen LogP contribution >= 0.6 is 11.8 Å². The Morgan fingerprint density at radius 1 is 1.32 bits per heavy atom. The van der Waals surface area contributed by atoms with Crippen LogP contribution in [0.15, 0.2) is 23.1 Å². The van der Waals surface area contributed by atoms with Gasteiger partial charge in [0.2, 0.25) is 10.0 Å². The van der Waals surface area contributed by atoms with Crippen molar-refractivity contribution in [1.29, 1.82) is 0 Å². The van der Waals surface area contributed by atoms with Crippen LogP contribution in [0.25, 0.3) is 0 Å². The molecular weight excluding hydrogens is 280 g/mol. The first-order valence-electron chi connectivity index (χ1n) is 6.30. The van der Waals surface area contributed by atoms with E-state index in [9.17, 15) is 8.42 Å². The summed E-state index contributed by atoms with van der Waals surface area (Å²) in [5.74, 6) is 1.06. The number of benzene rings is 1. The van der Waals surface area contributed by atoms with E-state index in [-0.39, 0.29) is 0 Å². The highest BCUT2D eigenvalue weighted by Crippen LogP contribution is 2.18. The van der Waals surface area contributed by atoms with Gasteiger partial charge in [0, 0.05) is 13.1 Å². The summed E-state index contributed by atoms with van der Waals surface area (Å²) < 4.78 is 27.0. The van der Waals surface area contributed by atoms with Gasteiger partial charge < -0.3 is 5.73 Å². The molecule has 19 heavy (non-hydrogen) atoms. The molecule has 4 nitrogen and oxygen atoms in total. The van der Waals surface area contributed by atoms with Crippen LogP contribution in [-0.2, 0) is 16.6 Å². The van der Waals surface area contributed by atoms with Crippen LogP contribution in [0.5, 0.6) is 0 Å². The van der Waals surface area contributed by atoms with Gasteiger partial charge in [-0.15, -0.1) is 0 Å². The van der Waals surface area contributed by atoms with Gasteiger partial charge in [-0.05, 0) is 49.0 Å². The van der Waals surface area contributed by atoms with Crippen molar-refractivity contribution in [2.45, 2.75) is 31.2 Å². The lowest BCUT2D eigenvalue weighted by molar-refractivity contribution is 0.577. The predicted molar refractivity (Wildman–Crippen MR) is 81.9 cm³/mol. The SMILES string of the molecule is CSCCCCNS(=O)(=O)c1cccc(CN)c1C. The number of hydrogen-bond acceptors (Lipinski definition) is 4. The fourth-order valence-electron chi connectivity index (χ4n) is 1.83. The molecule has 0 amide bonds. The molecule has 1 aromatic carbocycles. The van der Waals surface area contributed by atoms with E-state index in [1.165, 1.54) is 0 Å². The number of unbranched alkanes of at least 4 members (excludes halogenated alkanes) is 1. The van der Waals surface area contributed by atoms with Crippen molar-refractivity contribution in [2.75, 3.05) is 18.6 Å².